The van der Waals surface area contributed by atoms with Crippen LogP contribution < -0.4 is 10.1 Å². The van der Waals surface area contributed by atoms with Crippen molar-refractivity contribution in [2.75, 3.05) is 5.75 Å². The Morgan fingerprint density at radius 3 is 2.85 bits per heavy atom. The zero-order valence-corrected chi connectivity index (χ0v) is 16.2. The molecule has 0 bridgehead atoms. The number of rotatable bonds is 5. The number of ether oxygens (including phenoxy) is 1. The molecule has 3 nitrogen and oxygen atoms in total. The van der Waals surface area contributed by atoms with Crippen molar-refractivity contribution < 1.29 is 13.9 Å². The monoisotopic (exact) mass is 373 g/mol. The first kappa shape index (κ1) is 18.8. The first-order valence-corrected chi connectivity index (χ1v) is 9.90. The quantitative estimate of drug-likeness (QED) is 0.819. The van der Waals surface area contributed by atoms with Gasteiger partial charge in [0.2, 0.25) is 5.91 Å². The Labute approximate surface area is 158 Å². The van der Waals surface area contributed by atoms with E-state index in [4.69, 9.17) is 4.74 Å². The van der Waals surface area contributed by atoms with Gasteiger partial charge in [-0.15, -0.1) is 11.8 Å². The van der Waals surface area contributed by atoms with Crippen LogP contribution in [0.25, 0.3) is 0 Å². The molecule has 26 heavy (non-hydrogen) atoms. The Morgan fingerprint density at radius 1 is 1.31 bits per heavy atom. The van der Waals surface area contributed by atoms with Crippen LogP contribution in [0.15, 0.2) is 42.5 Å². The van der Waals surface area contributed by atoms with Gasteiger partial charge < -0.3 is 10.1 Å². The smallest absolute Gasteiger partial charge is 0.230 e. The zero-order valence-electron chi connectivity index (χ0n) is 15.3. The molecule has 1 atom stereocenters. The van der Waals surface area contributed by atoms with Gasteiger partial charge in [-0.3, -0.25) is 4.79 Å². The first-order valence-electron chi connectivity index (χ1n) is 8.74. The maximum Gasteiger partial charge on any atom is 0.230 e. The van der Waals surface area contributed by atoms with E-state index in [1.807, 2.05) is 39.0 Å². The molecule has 1 aliphatic rings. The Balaban J connectivity index is 1.62. The highest BCUT2D eigenvalue weighted by atomic mass is 32.2. The van der Waals surface area contributed by atoms with E-state index in [9.17, 15) is 9.18 Å². The second-order valence-corrected chi connectivity index (χ2v) is 8.30. The van der Waals surface area contributed by atoms with E-state index < -0.39 is 0 Å². The van der Waals surface area contributed by atoms with E-state index in [0.717, 1.165) is 16.9 Å². The van der Waals surface area contributed by atoms with Crippen molar-refractivity contribution in [3.05, 3.63) is 65.0 Å². The number of carbonyl (C=O) groups excluding carboxylic acids is 1. The molecule has 1 amide bonds. The first-order chi connectivity index (χ1) is 12.3. The van der Waals surface area contributed by atoms with Gasteiger partial charge in [-0.2, -0.15) is 0 Å². The zero-order chi connectivity index (χ0) is 18.7. The summed E-state index contributed by atoms with van der Waals surface area (Å²) < 4.78 is 19.7. The summed E-state index contributed by atoms with van der Waals surface area (Å²) in [5.74, 6) is 1.34. The maximum atomic E-state index is 13.6. The highest BCUT2D eigenvalue weighted by Crippen LogP contribution is 2.39. The Morgan fingerprint density at radius 2 is 2.08 bits per heavy atom. The fourth-order valence-corrected chi connectivity index (χ4v) is 4.03. The number of amides is 1. The summed E-state index contributed by atoms with van der Waals surface area (Å²) >= 11 is 1.42. The summed E-state index contributed by atoms with van der Waals surface area (Å²) in [5.41, 5.74) is 2.45. The molecule has 138 valence electrons. The number of thioether (sulfide) groups is 1. The number of aryl methyl sites for hydroxylation is 1. The molecule has 5 heteroatoms. The van der Waals surface area contributed by atoms with Crippen molar-refractivity contribution in [3.8, 4) is 5.75 Å². The van der Waals surface area contributed by atoms with Crippen molar-refractivity contribution in [2.45, 2.75) is 44.6 Å². The largest absolute Gasteiger partial charge is 0.487 e. The van der Waals surface area contributed by atoms with Crippen molar-refractivity contribution in [3.63, 3.8) is 0 Å². The van der Waals surface area contributed by atoms with Gasteiger partial charge in [0.1, 0.15) is 17.2 Å². The molecule has 0 saturated heterocycles. The molecule has 0 aliphatic carbocycles. The van der Waals surface area contributed by atoms with Crippen LogP contribution in [0.4, 0.5) is 4.39 Å². The van der Waals surface area contributed by atoms with Crippen LogP contribution in [0.2, 0.25) is 0 Å². The fraction of sp³-hybridized carbons (Fsp3) is 0.381. The third-order valence-electron chi connectivity index (χ3n) is 4.41. The molecular formula is C21H24FNO2S. The van der Waals surface area contributed by atoms with Gasteiger partial charge in [-0.25, -0.2) is 4.39 Å². The average molecular weight is 373 g/mol. The molecule has 0 radical (unpaired) electrons. The summed E-state index contributed by atoms with van der Waals surface area (Å²) in [5, 5.41) is 3.13. The minimum atomic E-state index is -0.333. The molecule has 3 rings (SSSR count). The molecule has 2 aromatic rings. The summed E-state index contributed by atoms with van der Waals surface area (Å²) in [6.07, 6.45) is 0.715. The molecular weight excluding hydrogens is 349 g/mol. The third-order valence-corrected chi connectivity index (χ3v) is 5.39. The number of hydrogen-bond acceptors (Lipinski definition) is 3. The van der Waals surface area contributed by atoms with E-state index in [-0.39, 0.29) is 23.4 Å². The minimum Gasteiger partial charge on any atom is -0.487 e. The lowest BCUT2D eigenvalue weighted by Crippen LogP contribution is -2.41. The second-order valence-electron chi connectivity index (χ2n) is 7.31. The van der Waals surface area contributed by atoms with Gasteiger partial charge in [0.05, 0.1) is 11.8 Å². The normalized spacial score (nSPS) is 17.9. The maximum absolute atomic E-state index is 13.6. The lowest BCUT2D eigenvalue weighted by molar-refractivity contribution is -0.119. The van der Waals surface area contributed by atoms with Crippen molar-refractivity contribution >= 4 is 17.7 Å². The molecule has 1 heterocycles. The van der Waals surface area contributed by atoms with Crippen LogP contribution in [0, 0.1) is 12.7 Å². The van der Waals surface area contributed by atoms with Crippen LogP contribution >= 0.6 is 11.8 Å². The minimum absolute atomic E-state index is 0.0403. The van der Waals surface area contributed by atoms with Crippen molar-refractivity contribution in [1.82, 2.24) is 5.32 Å². The predicted octanol–water partition coefficient (Wildman–Crippen LogP) is 4.79. The highest BCUT2D eigenvalue weighted by Gasteiger charge is 2.34. The van der Waals surface area contributed by atoms with E-state index >= 15 is 0 Å². The predicted molar refractivity (Wildman–Crippen MR) is 104 cm³/mol. The molecule has 0 saturated carbocycles. The van der Waals surface area contributed by atoms with Crippen LogP contribution in [-0.2, 0) is 10.5 Å². The van der Waals surface area contributed by atoms with Crippen LogP contribution in [-0.4, -0.2) is 17.3 Å². The van der Waals surface area contributed by atoms with Gasteiger partial charge in [-0.05, 0) is 38.5 Å². The summed E-state index contributed by atoms with van der Waals surface area (Å²) in [7, 11) is 0. The van der Waals surface area contributed by atoms with Gasteiger partial charge in [0.15, 0.2) is 0 Å². The molecule has 1 aliphatic heterocycles. The lowest BCUT2D eigenvalue weighted by atomic mass is 9.89. The standard InChI is InChI=1S/C21H24FNO2S/c1-14-8-9-19-16(10-14)18(11-21(2,3)25-19)23-20(24)13-26-12-15-6-4-5-7-17(15)22/h4-10,18H,11-13H2,1-3H3,(H,23,24)/t18-/m1/s1. The Bertz CT molecular complexity index is 806. The van der Waals surface area contributed by atoms with Gasteiger partial charge in [0.25, 0.3) is 0 Å². The summed E-state index contributed by atoms with van der Waals surface area (Å²) in [6.45, 7) is 6.09. The van der Waals surface area contributed by atoms with E-state index in [1.54, 1.807) is 12.1 Å². The number of benzene rings is 2. The average Bonchev–Trinajstić information content (AvgIpc) is 2.56. The Kier molecular flexibility index (Phi) is 5.56. The second kappa shape index (κ2) is 7.70. The molecule has 1 N–H and O–H groups in total. The molecule has 0 fully saturated rings. The number of nitrogens with one attached hydrogen (secondary N) is 1. The van der Waals surface area contributed by atoms with Gasteiger partial charge in [-0.1, -0.05) is 35.9 Å². The third kappa shape index (κ3) is 4.58. The SMILES string of the molecule is Cc1ccc2c(c1)[C@H](NC(=O)CSCc1ccccc1F)CC(C)(C)O2. The highest BCUT2D eigenvalue weighted by molar-refractivity contribution is 7.99. The summed E-state index contributed by atoms with van der Waals surface area (Å²) in [6, 6.07) is 12.7. The van der Waals surface area contributed by atoms with Crippen molar-refractivity contribution in [2.24, 2.45) is 0 Å². The van der Waals surface area contributed by atoms with E-state index in [1.165, 1.54) is 17.8 Å². The topological polar surface area (TPSA) is 38.3 Å². The Hall–Kier alpha value is -2.01. The van der Waals surface area contributed by atoms with Crippen molar-refractivity contribution in [1.29, 1.82) is 0 Å². The fourth-order valence-electron chi connectivity index (χ4n) is 3.21. The summed E-state index contributed by atoms with van der Waals surface area (Å²) in [4.78, 5) is 12.4. The molecule has 0 aromatic heterocycles. The number of hydrogen-bond donors (Lipinski definition) is 1. The number of carbonyl (C=O) groups is 1. The van der Waals surface area contributed by atoms with Crippen LogP contribution in [0.5, 0.6) is 5.75 Å². The van der Waals surface area contributed by atoms with Crippen LogP contribution in [0.1, 0.15) is 43.0 Å². The van der Waals surface area contributed by atoms with Gasteiger partial charge in [0, 0.05) is 17.7 Å². The van der Waals surface area contributed by atoms with Crippen LogP contribution in [0.3, 0.4) is 0 Å². The molecule has 2 aromatic carbocycles. The van der Waals surface area contributed by atoms with E-state index in [0.29, 0.717) is 23.5 Å². The molecule has 0 unspecified atom stereocenters. The van der Waals surface area contributed by atoms with Gasteiger partial charge >= 0.3 is 0 Å². The molecule has 0 spiro atoms. The lowest BCUT2D eigenvalue weighted by Gasteiger charge is -2.38. The van der Waals surface area contributed by atoms with E-state index in [2.05, 4.69) is 11.4 Å². The number of fused-ring (bicyclic) bond motifs is 1. The number of halogens is 1.